The standard InChI is InChI=1S/C11H20O2.C10H16O2.C8H14O2.C8H8.C7H8O2.C7H12O2.C6H10O2.C6H6O2.C5H9NO.C5H8O2.C4H7NO.C4H6O2.C4H8.2C3H6.2H2O/c1-3-5-6-7-8-9-10-13-11(12)4-2;1-8(2)10(11)12-9-6-4-3-5-7-9;1-4-5-6-10-8(9)7(2)3;1-2-8-6-4-3-5-7-8;1-4-5-9-7(8)6(2)3;1-3-5-6-9-7(8)4-2;2*1-4-8-6(7)5(2)3;1-3-5(7)6-4-2;1-4(2)5(6)7-3;1-3-4(6)5-2;1-3-4(5)6-2;1-4(2)3;2*1-3-2;;/h4H,2-3,5-10H2,1H3;9H,1,3-7H2,2H3;2,4-6H2,1,3H3;2-7H,1H2;2H2,1,3H3;4H,2-3,5-6H2,1H3;2,4H2,1,3H3;1H,2H2,3H3;3H,1,4H2,2H3,(H,6,7);1H2,2-3H3;3H,1H2,2H3,(H,5,6);3H,1H2,2H3;1H2,2-3H3;2*3H,1H2,2H3;2*1H2. The predicted molar refractivity (Wildman–Crippen MR) is 473 cm³/mol. The predicted octanol–water partition coefficient (Wildman–Crippen LogP) is 17.8. The molecule has 1 aliphatic rings. The maximum atomic E-state index is 11.1. The number of carbonyl (C=O) groups is 11. The first-order valence-corrected chi connectivity index (χ1v) is 36.5. The van der Waals surface area contributed by atoms with Crippen molar-refractivity contribution in [2.24, 2.45) is 0 Å². The van der Waals surface area contributed by atoms with Gasteiger partial charge >= 0.3 is 53.7 Å². The summed E-state index contributed by atoms with van der Waals surface area (Å²) in [6, 6.07) is 10.0. The van der Waals surface area contributed by atoms with Crippen LogP contribution < -0.4 is 10.6 Å². The molecule has 115 heavy (non-hydrogen) atoms. The molecule has 2 rings (SSSR count). The molecule has 1 fully saturated rings. The summed E-state index contributed by atoms with van der Waals surface area (Å²) in [6.45, 7) is 82.1. The van der Waals surface area contributed by atoms with E-state index in [1.165, 1.54) is 102 Å². The number of esters is 9. The minimum absolute atomic E-state index is 0. The lowest BCUT2D eigenvalue weighted by molar-refractivity contribution is -0.146. The summed E-state index contributed by atoms with van der Waals surface area (Å²) in [4.78, 5) is 114. The molecule has 0 aliphatic heterocycles. The van der Waals surface area contributed by atoms with Crippen molar-refractivity contribution in [1.82, 2.24) is 10.6 Å². The number of nitrogens with one attached hydrogen (secondary N) is 2. The Labute approximate surface area is 693 Å². The highest BCUT2D eigenvalue weighted by Gasteiger charge is 2.17. The zero-order chi connectivity index (χ0) is 90.8. The molecule has 1 aromatic rings. The molecule has 0 heterocycles. The second kappa shape index (κ2) is 116. The Morgan fingerprint density at radius 1 is 0.461 bits per heavy atom. The second-order valence-electron chi connectivity index (χ2n) is 22.4. The largest absolute Gasteiger partial charge is 0.466 e. The van der Waals surface area contributed by atoms with Crippen molar-refractivity contribution in [2.75, 3.05) is 54.2 Å². The van der Waals surface area contributed by atoms with Gasteiger partial charge in [-0.05, 0) is 146 Å². The van der Waals surface area contributed by atoms with Gasteiger partial charge in [0.05, 0.1) is 40.6 Å². The van der Waals surface area contributed by atoms with Crippen LogP contribution in [0.3, 0.4) is 0 Å². The Morgan fingerprint density at radius 3 is 1.06 bits per heavy atom. The van der Waals surface area contributed by atoms with E-state index in [2.05, 4.69) is 170 Å². The van der Waals surface area contributed by atoms with Crippen LogP contribution in [0.1, 0.15) is 213 Å². The van der Waals surface area contributed by atoms with E-state index in [0.717, 1.165) is 57.4 Å². The molecule has 1 aliphatic carbocycles. The van der Waals surface area contributed by atoms with Crippen LogP contribution in [-0.4, -0.2) is 137 Å². The third-order valence-corrected chi connectivity index (χ3v) is 10.7. The summed E-state index contributed by atoms with van der Waals surface area (Å²) in [6.07, 6.45) is 36.9. The summed E-state index contributed by atoms with van der Waals surface area (Å²) in [5.74, 6) is -1.06. The molecule has 654 valence electrons. The number of allylic oxidation sites excluding steroid dienone is 3. The highest BCUT2D eigenvalue weighted by Crippen LogP contribution is 2.21. The Bertz CT molecular complexity index is 2970. The molecule has 0 aromatic heterocycles. The minimum Gasteiger partial charge on any atom is -0.466 e. The lowest BCUT2D eigenvalue weighted by atomic mass is 9.98. The van der Waals surface area contributed by atoms with Gasteiger partial charge in [-0.15, -0.1) is 19.7 Å². The number of hydrogen-bond acceptors (Lipinski definition) is 20. The third kappa shape index (κ3) is 152. The number of methoxy groups -OCH3 is 2. The highest BCUT2D eigenvalue weighted by atomic mass is 16.6. The van der Waals surface area contributed by atoms with Gasteiger partial charge in [0, 0.05) is 72.2 Å². The summed E-state index contributed by atoms with van der Waals surface area (Å²) < 4.78 is 41.0. The zero-order valence-corrected chi connectivity index (χ0v) is 73.6. The number of terminal acetylenes is 1. The van der Waals surface area contributed by atoms with Gasteiger partial charge < -0.3 is 64.2 Å². The van der Waals surface area contributed by atoms with E-state index in [-0.39, 0.29) is 64.7 Å². The van der Waals surface area contributed by atoms with Gasteiger partial charge in [-0.2, -0.15) is 0 Å². The highest BCUT2D eigenvalue weighted by molar-refractivity contribution is 5.90. The average molecular weight is 1620 g/mol. The number of rotatable bonds is 28. The Morgan fingerprint density at radius 2 is 0.817 bits per heavy atom. The molecule has 24 heteroatoms. The maximum absolute atomic E-state index is 11.1. The smallest absolute Gasteiger partial charge is 0.347 e. The fraction of sp³-hybridized carbons (Fsp3) is 0.440. The number of likely N-dealkylation sites (N-methyl/N-ethyl adjacent to an activating group) is 2. The lowest BCUT2D eigenvalue weighted by Gasteiger charge is -2.21. The van der Waals surface area contributed by atoms with Gasteiger partial charge in [-0.25, -0.2) is 43.2 Å². The van der Waals surface area contributed by atoms with Crippen LogP contribution in [0.25, 0.3) is 6.08 Å². The number of amides is 2. The molecule has 0 radical (unpaired) electrons. The van der Waals surface area contributed by atoms with Gasteiger partial charge in [-0.1, -0.05) is 218 Å². The van der Waals surface area contributed by atoms with E-state index in [1.54, 1.807) is 73.8 Å². The molecule has 24 nitrogen and oxygen atoms in total. The Balaban J connectivity index is -0.0000000725. The van der Waals surface area contributed by atoms with Crippen molar-refractivity contribution in [3.63, 3.8) is 0 Å². The number of unbranched alkanes of at least 4 members (excludes halogenated alkanes) is 7. The first kappa shape index (κ1) is 139. The van der Waals surface area contributed by atoms with E-state index in [9.17, 15) is 52.7 Å². The van der Waals surface area contributed by atoms with E-state index in [1.807, 2.05) is 78.0 Å². The van der Waals surface area contributed by atoms with Crippen molar-refractivity contribution in [2.45, 2.75) is 213 Å². The fourth-order valence-corrected chi connectivity index (χ4v) is 5.13. The van der Waals surface area contributed by atoms with Gasteiger partial charge in [0.1, 0.15) is 18.3 Å². The number of ether oxygens (including phenoxy) is 9. The first-order chi connectivity index (χ1) is 53.1. The molecule has 0 unspecified atom stereocenters. The van der Waals surface area contributed by atoms with Crippen LogP contribution in [0, 0.1) is 24.6 Å². The zero-order valence-electron chi connectivity index (χ0n) is 73.6. The van der Waals surface area contributed by atoms with E-state index in [4.69, 9.17) is 14.2 Å². The van der Waals surface area contributed by atoms with E-state index < -0.39 is 17.9 Å². The van der Waals surface area contributed by atoms with Gasteiger partial charge in [0.15, 0.2) is 0 Å². The molecule has 1 saturated carbocycles. The van der Waals surface area contributed by atoms with E-state index >= 15 is 0 Å². The molecular formula is C91H148N2O22. The van der Waals surface area contributed by atoms with Crippen molar-refractivity contribution in [1.29, 1.82) is 0 Å². The van der Waals surface area contributed by atoms with Gasteiger partial charge in [-0.3, -0.25) is 9.59 Å². The van der Waals surface area contributed by atoms with Crippen molar-refractivity contribution in [3.05, 3.63) is 216 Å². The van der Waals surface area contributed by atoms with Crippen LogP contribution in [0.2, 0.25) is 0 Å². The van der Waals surface area contributed by atoms with Gasteiger partial charge in [0.25, 0.3) is 0 Å². The summed E-state index contributed by atoms with van der Waals surface area (Å²) in [7, 11) is 4.20. The van der Waals surface area contributed by atoms with Crippen LogP contribution in [0.15, 0.2) is 211 Å². The van der Waals surface area contributed by atoms with Crippen LogP contribution >= 0.6 is 0 Å². The lowest BCUT2D eigenvalue weighted by Crippen LogP contribution is -2.20. The van der Waals surface area contributed by atoms with Crippen molar-refractivity contribution in [3.8, 4) is 24.6 Å². The molecule has 0 atom stereocenters. The average Bonchev–Trinajstić information content (AvgIpc) is 0.928. The molecular weight excluding hydrogens is 1470 g/mol. The number of hydrogen-bond donors (Lipinski definition) is 2. The molecule has 0 bridgehead atoms. The second-order valence-corrected chi connectivity index (χ2v) is 22.4. The van der Waals surface area contributed by atoms with Crippen LogP contribution in [-0.2, 0) is 95.4 Å². The molecule has 0 saturated heterocycles. The van der Waals surface area contributed by atoms with E-state index in [0.29, 0.717) is 66.4 Å². The monoisotopic (exact) mass is 1620 g/mol. The quantitative estimate of drug-likeness (QED) is 0.0196. The first-order valence-electron chi connectivity index (χ1n) is 36.5. The van der Waals surface area contributed by atoms with Crippen molar-refractivity contribution >= 4 is 71.6 Å². The molecule has 0 spiro atoms. The number of carbonyl (C=O) groups excluding carboxylic acids is 11. The topological polar surface area (TPSA) is 358 Å². The summed E-state index contributed by atoms with van der Waals surface area (Å²) >= 11 is 0. The molecule has 2 amide bonds. The summed E-state index contributed by atoms with van der Waals surface area (Å²) in [5.41, 5.74) is 4.86. The Kier molecular flexibility index (Phi) is 140. The minimum atomic E-state index is -0.549. The maximum Gasteiger partial charge on any atom is 0.347 e. The number of benzene rings is 1. The van der Waals surface area contributed by atoms with Gasteiger partial charge in [0.2, 0.25) is 11.8 Å². The fourth-order valence-electron chi connectivity index (χ4n) is 5.13. The SMILES string of the molecule is C#COC(=O)C(=C)C.C=C(C)C.C=C(C)C(=O)OC.C=C(C)C(=O)OC#CC.C=C(C)C(=O)OC1CCCCC1.C=C(C)C(=O)OCC.C=C(C)C(=O)OCCCC.C=CC.C=CC.C=CC(=O)NC.C=CC(=O)NCC.C=CC(=O)OC.C=CC(=O)OCCCC.C=CC(=O)OCCCCCCCC.C=Cc1ccccc1.O.O. The van der Waals surface area contributed by atoms with Crippen molar-refractivity contribution < 1.29 is 106 Å². The normalized spacial score (nSPS) is 8.78. The third-order valence-electron chi connectivity index (χ3n) is 10.7. The molecule has 6 N–H and O–H groups in total. The molecule has 1 aromatic carbocycles. The summed E-state index contributed by atoms with van der Waals surface area (Å²) in [5, 5.41) is 4.90. The Hall–Kier alpha value is -11.5. The van der Waals surface area contributed by atoms with Crippen LogP contribution in [0.4, 0.5) is 0 Å². The van der Waals surface area contributed by atoms with Crippen LogP contribution in [0.5, 0.6) is 0 Å².